The minimum absolute atomic E-state index is 0.0267. The van der Waals surface area contributed by atoms with Crippen molar-refractivity contribution in [1.82, 2.24) is 4.90 Å². The molecule has 4 nitrogen and oxygen atoms in total. The predicted octanol–water partition coefficient (Wildman–Crippen LogP) is 2.53. The van der Waals surface area contributed by atoms with Crippen LogP contribution in [0.1, 0.15) is 43.0 Å². The summed E-state index contributed by atoms with van der Waals surface area (Å²) < 4.78 is 11.1. The highest BCUT2D eigenvalue weighted by Crippen LogP contribution is 2.44. The van der Waals surface area contributed by atoms with Crippen LogP contribution in [0.25, 0.3) is 0 Å². The second-order valence-corrected chi connectivity index (χ2v) is 5.12. The summed E-state index contributed by atoms with van der Waals surface area (Å²) in [6.45, 7) is 6.43. The van der Waals surface area contributed by atoms with Gasteiger partial charge in [-0.1, -0.05) is 13.8 Å². The lowest BCUT2D eigenvalue weighted by atomic mass is 9.87. The molecule has 0 saturated carbocycles. The van der Waals surface area contributed by atoms with Crippen molar-refractivity contribution in [3.63, 3.8) is 0 Å². The van der Waals surface area contributed by atoms with Crippen LogP contribution < -0.4 is 9.47 Å². The van der Waals surface area contributed by atoms with Crippen LogP contribution in [0, 0.1) is 0 Å². The summed E-state index contributed by atoms with van der Waals surface area (Å²) >= 11 is 0. The van der Waals surface area contributed by atoms with E-state index in [1.165, 1.54) is 11.1 Å². The van der Waals surface area contributed by atoms with Crippen LogP contribution in [-0.2, 0) is 13.0 Å². The second kappa shape index (κ2) is 6.46. The molecule has 1 atom stereocenters. The molecule has 0 fully saturated rings. The Hall–Kier alpha value is -1.26. The Morgan fingerprint density at radius 1 is 1.30 bits per heavy atom. The molecule has 1 aromatic carbocycles. The van der Waals surface area contributed by atoms with Crippen molar-refractivity contribution in [3.8, 4) is 11.5 Å². The van der Waals surface area contributed by atoms with Gasteiger partial charge in [-0.2, -0.15) is 0 Å². The highest BCUT2D eigenvalue weighted by atomic mass is 16.5. The molecule has 0 aliphatic carbocycles. The van der Waals surface area contributed by atoms with Gasteiger partial charge in [-0.15, -0.1) is 0 Å². The molecule has 0 amide bonds. The van der Waals surface area contributed by atoms with Gasteiger partial charge in [-0.25, -0.2) is 0 Å². The quantitative estimate of drug-likeness (QED) is 0.899. The van der Waals surface area contributed by atoms with E-state index in [4.69, 9.17) is 9.47 Å². The fourth-order valence-electron chi connectivity index (χ4n) is 3.36. The first kappa shape index (κ1) is 15.1. The van der Waals surface area contributed by atoms with Gasteiger partial charge in [0.2, 0.25) is 0 Å². The lowest BCUT2D eigenvalue weighted by Crippen LogP contribution is -2.35. The molecular formula is C16H25NO3. The van der Waals surface area contributed by atoms with E-state index in [1.807, 2.05) is 6.07 Å². The lowest BCUT2D eigenvalue weighted by molar-refractivity contribution is 0.182. The summed E-state index contributed by atoms with van der Waals surface area (Å²) in [6, 6.07) is 2.28. The molecule has 0 saturated heterocycles. The van der Waals surface area contributed by atoms with Crippen LogP contribution in [0.5, 0.6) is 11.5 Å². The van der Waals surface area contributed by atoms with Gasteiger partial charge in [-0.3, -0.25) is 4.90 Å². The van der Waals surface area contributed by atoms with Crippen molar-refractivity contribution in [2.45, 2.75) is 39.3 Å². The summed E-state index contributed by atoms with van der Waals surface area (Å²) in [5.74, 6) is 1.70. The average Bonchev–Trinajstić information content (AvgIpc) is 2.51. The third kappa shape index (κ3) is 2.38. The van der Waals surface area contributed by atoms with E-state index in [0.717, 1.165) is 43.0 Å². The normalized spacial score (nSPS) is 18.8. The van der Waals surface area contributed by atoms with Gasteiger partial charge in [-0.05, 0) is 25.5 Å². The number of rotatable bonds is 5. The minimum atomic E-state index is -0.0267. The van der Waals surface area contributed by atoms with Gasteiger partial charge in [0.25, 0.3) is 0 Å². The Labute approximate surface area is 121 Å². The standard InChI is InChI=1S/C16H25NO3/c1-5-13-15-12(7-8-17(13)6-2)16(20-4)11(10-18)9-14(15)19-3/h9,13,18H,5-8,10H2,1-4H3. The zero-order valence-electron chi connectivity index (χ0n) is 12.9. The van der Waals surface area contributed by atoms with E-state index in [9.17, 15) is 5.11 Å². The van der Waals surface area contributed by atoms with E-state index in [2.05, 4.69) is 18.7 Å². The molecule has 0 bridgehead atoms. The van der Waals surface area contributed by atoms with Gasteiger partial charge >= 0.3 is 0 Å². The van der Waals surface area contributed by atoms with Crippen molar-refractivity contribution in [2.75, 3.05) is 27.3 Å². The summed E-state index contributed by atoms with van der Waals surface area (Å²) in [4.78, 5) is 2.48. The van der Waals surface area contributed by atoms with Crippen LogP contribution in [0.2, 0.25) is 0 Å². The number of aliphatic hydroxyl groups is 1. The Morgan fingerprint density at radius 2 is 2.05 bits per heavy atom. The first-order chi connectivity index (χ1) is 9.71. The van der Waals surface area contributed by atoms with E-state index in [1.54, 1.807) is 14.2 Å². The highest BCUT2D eigenvalue weighted by molar-refractivity contribution is 5.56. The third-order valence-corrected chi connectivity index (χ3v) is 4.27. The number of hydrogen-bond donors (Lipinski definition) is 1. The number of aliphatic hydroxyl groups excluding tert-OH is 1. The molecule has 1 heterocycles. The van der Waals surface area contributed by atoms with Crippen molar-refractivity contribution in [1.29, 1.82) is 0 Å². The zero-order valence-corrected chi connectivity index (χ0v) is 12.9. The maximum absolute atomic E-state index is 9.55. The molecule has 1 unspecified atom stereocenters. The Balaban J connectivity index is 2.64. The van der Waals surface area contributed by atoms with E-state index in [-0.39, 0.29) is 6.61 Å². The van der Waals surface area contributed by atoms with E-state index in [0.29, 0.717) is 6.04 Å². The smallest absolute Gasteiger partial charge is 0.128 e. The summed E-state index contributed by atoms with van der Waals surface area (Å²) in [5, 5.41) is 9.55. The summed E-state index contributed by atoms with van der Waals surface area (Å²) in [5.41, 5.74) is 3.24. The molecular weight excluding hydrogens is 254 g/mol. The van der Waals surface area contributed by atoms with Crippen LogP contribution in [0.15, 0.2) is 6.07 Å². The van der Waals surface area contributed by atoms with Gasteiger partial charge in [0.05, 0.1) is 20.8 Å². The Bertz CT molecular complexity index is 473. The van der Waals surface area contributed by atoms with Crippen molar-refractivity contribution < 1.29 is 14.6 Å². The van der Waals surface area contributed by atoms with Gasteiger partial charge in [0.15, 0.2) is 0 Å². The molecule has 2 rings (SSSR count). The minimum Gasteiger partial charge on any atom is -0.496 e. The van der Waals surface area contributed by atoms with Gasteiger partial charge < -0.3 is 14.6 Å². The number of likely N-dealkylation sites (N-methyl/N-ethyl adjacent to an activating group) is 1. The average molecular weight is 279 g/mol. The van der Waals surface area contributed by atoms with Crippen molar-refractivity contribution in [2.24, 2.45) is 0 Å². The van der Waals surface area contributed by atoms with E-state index < -0.39 is 0 Å². The SMILES string of the molecule is CCC1c2c(OC)cc(CO)c(OC)c2CCN1CC. The number of benzene rings is 1. The fraction of sp³-hybridized carbons (Fsp3) is 0.625. The molecule has 1 aliphatic rings. The number of ether oxygens (including phenoxy) is 2. The number of hydrogen-bond acceptors (Lipinski definition) is 4. The largest absolute Gasteiger partial charge is 0.496 e. The molecule has 20 heavy (non-hydrogen) atoms. The summed E-state index contributed by atoms with van der Waals surface area (Å²) in [7, 11) is 3.37. The highest BCUT2D eigenvalue weighted by Gasteiger charge is 2.31. The molecule has 0 radical (unpaired) electrons. The first-order valence-corrected chi connectivity index (χ1v) is 7.33. The van der Waals surface area contributed by atoms with Gasteiger partial charge in [0.1, 0.15) is 11.5 Å². The van der Waals surface area contributed by atoms with Crippen LogP contribution in [-0.4, -0.2) is 37.3 Å². The molecule has 1 aromatic rings. The molecule has 1 N–H and O–H groups in total. The number of fused-ring (bicyclic) bond motifs is 1. The topological polar surface area (TPSA) is 41.9 Å². The van der Waals surface area contributed by atoms with Crippen LogP contribution >= 0.6 is 0 Å². The fourth-order valence-corrected chi connectivity index (χ4v) is 3.36. The monoisotopic (exact) mass is 279 g/mol. The first-order valence-electron chi connectivity index (χ1n) is 7.33. The molecule has 112 valence electrons. The predicted molar refractivity (Wildman–Crippen MR) is 79.5 cm³/mol. The van der Waals surface area contributed by atoms with Crippen molar-refractivity contribution in [3.05, 3.63) is 22.8 Å². The molecule has 0 spiro atoms. The molecule has 4 heteroatoms. The molecule has 0 aromatic heterocycles. The maximum Gasteiger partial charge on any atom is 0.128 e. The second-order valence-electron chi connectivity index (χ2n) is 5.12. The number of nitrogens with zero attached hydrogens (tertiary/aromatic N) is 1. The van der Waals surface area contributed by atoms with Gasteiger partial charge in [0, 0.05) is 29.3 Å². The Kier molecular flexibility index (Phi) is 4.89. The van der Waals surface area contributed by atoms with E-state index >= 15 is 0 Å². The van der Waals surface area contributed by atoms with Crippen molar-refractivity contribution >= 4 is 0 Å². The number of methoxy groups -OCH3 is 2. The zero-order chi connectivity index (χ0) is 14.7. The summed E-state index contributed by atoms with van der Waals surface area (Å²) in [6.07, 6.45) is 1.98. The molecule has 1 aliphatic heterocycles. The van der Waals surface area contributed by atoms with Crippen LogP contribution in [0.4, 0.5) is 0 Å². The maximum atomic E-state index is 9.55. The third-order valence-electron chi connectivity index (χ3n) is 4.27. The lowest BCUT2D eigenvalue weighted by Gasteiger charge is -2.38. The van der Waals surface area contributed by atoms with Crippen LogP contribution in [0.3, 0.4) is 0 Å². The Morgan fingerprint density at radius 3 is 2.55 bits per heavy atom.